The first-order chi connectivity index (χ1) is 13.4. The molecule has 4 aliphatic rings. The molecule has 146 valence electrons. The minimum absolute atomic E-state index is 0.0985. The maximum Gasteiger partial charge on any atom is 0.312 e. The smallest absolute Gasteiger partial charge is 0.312 e. The number of ether oxygens (including phenoxy) is 1. The normalized spacial score (nSPS) is 33.0. The SMILES string of the molecule is O=C(COC(=O)C12C[C@@H]3C[C@@H](CC(Br)(C3)C1)C2)Nc1cccc2ccccc12. The molecular formula is C23H24BrNO3. The van der Waals surface area contributed by atoms with Crippen molar-refractivity contribution in [2.45, 2.75) is 42.8 Å². The standard InChI is InChI=1S/C23H24BrNO3/c24-23-11-15-8-16(12-23)10-22(9-15,14-23)21(27)28-13-20(26)25-19-7-3-5-17-4-1-2-6-18(17)19/h1-7,15-16H,8-14H2,(H,25,26)/t15-,16+,22?,23?. The number of benzene rings is 2. The van der Waals surface area contributed by atoms with Crippen LogP contribution in [0.4, 0.5) is 5.69 Å². The summed E-state index contributed by atoms with van der Waals surface area (Å²) in [6.45, 7) is -0.228. The van der Waals surface area contributed by atoms with Gasteiger partial charge in [0, 0.05) is 15.4 Å². The molecule has 1 N–H and O–H groups in total. The predicted octanol–water partition coefficient (Wildman–Crippen LogP) is 5.06. The molecule has 0 heterocycles. The predicted molar refractivity (Wildman–Crippen MR) is 112 cm³/mol. The molecule has 4 atom stereocenters. The van der Waals surface area contributed by atoms with Crippen LogP contribution in [0.5, 0.6) is 0 Å². The molecule has 2 aromatic carbocycles. The van der Waals surface area contributed by atoms with E-state index in [9.17, 15) is 9.59 Å². The summed E-state index contributed by atoms with van der Waals surface area (Å²) in [6, 6.07) is 13.7. The van der Waals surface area contributed by atoms with Crippen LogP contribution in [0.1, 0.15) is 38.5 Å². The van der Waals surface area contributed by atoms with Crippen molar-refractivity contribution in [2.24, 2.45) is 17.3 Å². The van der Waals surface area contributed by atoms with Crippen molar-refractivity contribution in [1.29, 1.82) is 0 Å². The molecule has 4 fully saturated rings. The van der Waals surface area contributed by atoms with Gasteiger partial charge in [-0.3, -0.25) is 9.59 Å². The van der Waals surface area contributed by atoms with E-state index in [1.807, 2.05) is 42.5 Å². The lowest BCUT2D eigenvalue weighted by molar-refractivity contribution is -0.170. The maximum absolute atomic E-state index is 13.0. The van der Waals surface area contributed by atoms with E-state index in [1.54, 1.807) is 0 Å². The number of carbonyl (C=O) groups is 2. The molecule has 4 saturated carbocycles. The largest absolute Gasteiger partial charge is 0.455 e. The fraction of sp³-hybridized carbons (Fsp3) is 0.478. The van der Waals surface area contributed by atoms with Crippen molar-refractivity contribution in [2.75, 3.05) is 11.9 Å². The Morgan fingerprint density at radius 2 is 1.75 bits per heavy atom. The highest BCUT2D eigenvalue weighted by Crippen LogP contribution is 2.64. The molecule has 2 unspecified atom stereocenters. The van der Waals surface area contributed by atoms with Crippen molar-refractivity contribution in [1.82, 2.24) is 0 Å². The molecule has 0 saturated heterocycles. The van der Waals surface area contributed by atoms with Gasteiger partial charge in [-0.2, -0.15) is 0 Å². The summed E-state index contributed by atoms with van der Waals surface area (Å²) in [6.07, 6.45) is 6.25. The summed E-state index contributed by atoms with van der Waals surface area (Å²) in [7, 11) is 0. The van der Waals surface area contributed by atoms with Crippen LogP contribution in [0.3, 0.4) is 0 Å². The van der Waals surface area contributed by atoms with Gasteiger partial charge in [0.15, 0.2) is 6.61 Å². The molecular weight excluding hydrogens is 418 g/mol. The Kier molecular flexibility index (Phi) is 4.27. The molecule has 0 aliphatic heterocycles. The van der Waals surface area contributed by atoms with Crippen molar-refractivity contribution >= 4 is 44.3 Å². The van der Waals surface area contributed by atoms with Crippen LogP contribution in [0.2, 0.25) is 0 Å². The molecule has 28 heavy (non-hydrogen) atoms. The number of alkyl halides is 1. The number of amides is 1. The summed E-state index contributed by atoms with van der Waals surface area (Å²) in [4.78, 5) is 25.4. The van der Waals surface area contributed by atoms with Crippen molar-refractivity contribution in [3.05, 3.63) is 42.5 Å². The maximum atomic E-state index is 13.0. The Hall–Kier alpha value is -1.88. The summed E-state index contributed by atoms with van der Waals surface area (Å²) in [5.41, 5.74) is 0.348. The molecule has 1 amide bonds. The third-order valence-electron chi connectivity index (χ3n) is 6.82. The highest BCUT2D eigenvalue weighted by Gasteiger charge is 2.60. The van der Waals surface area contributed by atoms with E-state index in [1.165, 1.54) is 19.3 Å². The second-order valence-electron chi connectivity index (χ2n) is 9.04. The Balaban J connectivity index is 1.25. The van der Waals surface area contributed by atoms with E-state index in [4.69, 9.17) is 4.74 Å². The first-order valence-corrected chi connectivity index (χ1v) is 10.9. The third-order valence-corrected chi connectivity index (χ3v) is 7.75. The van der Waals surface area contributed by atoms with Gasteiger partial charge in [-0.15, -0.1) is 0 Å². The van der Waals surface area contributed by atoms with Gasteiger partial charge in [0.25, 0.3) is 5.91 Å². The zero-order valence-corrected chi connectivity index (χ0v) is 17.3. The van der Waals surface area contributed by atoms with E-state index in [0.717, 1.165) is 35.7 Å². The zero-order chi connectivity index (χ0) is 19.4. The fourth-order valence-electron chi connectivity index (χ4n) is 6.19. The van der Waals surface area contributed by atoms with Crippen LogP contribution >= 0.6 is 15.9 Å². The van der Waals surface area contributed by atoms with Crippen LogP contribution in [0.15, 0.2) is 42.5 Å². The summed E-state index contributed by atoms with van der Waals surface area (Å²) in [5.74, 6) is 0.747. The Morgan fingerprint density at radius 1 is 1.04 bits per heavy atom. The lowest BCUT2D eigenvalue weighted by Crippen LogP contribution is -2.56. The van der Waals surface area contributed by atoms with Crippen molar-refractivity contribution < 1.29 is 14.3 Å². The minimum Gasteiger partial charge on any atom is -0.455 e. The molecule has 4 nitrogen and oxygen atoms in total. The number of rotatable bonds is 4. The third kappa shape index (κ3) is 3.14. The topological polar surface area (TPSA) is 55.4 Å². The average molecular weight is 442 g/mol. The molecule has 4 aliphatic carbocycles. The van der Waals surface area contributed by atoms with Gasteiger partial charge in [-0.1, -0.05) is 52.3 Å². The number of esters is 1. The van der Waals surface area contributed by atoms with Crippen molar-refractivity contribution in [3.8, 4) is 0 Å². The average Bonchev–Trinajstić information content (AvgIpc) is 2.64. The molecule has 5 heteroatoms. The van der Waals surface area contributed by atoms with E-state index in [0.29, 0.717) is 11.8 Å². The highest BCUT2D eigenvalue weighted by atomic mass is 79.9. The number of halogens is 1. The molecule has 4 bridgehead atoms. The van der Waals surface area contributed by atoms with Crippen LogP contribution in [-0.4, -0.2) is 22.8 Å². The lowest BCUT2D eigenvalue weighted by Gasteiger charge is -2.58. The molecule has 0 aromatic heterocycles. The second kappa shape index (κ2) is 6.58. The molecule has 2 aromatic rings. The first kappa shape index (κ1) is 18.2. The Morgan fingerprint density at radius 3 is 2.50 bits per heavy atom. The van der Waals surface area contributed by atoms with Crippen LogP contribution in [0.25, 0.3) is 10.8 Å². The van der Waals surface area contributed by atoms with Crippen LogP contribution in [0, 0.1) is 17.3 Å². The summed E-state index contributed by atoms with van der Waals surface area (Å²) in [5, 5.41) is 4.94. The number of hydrogen-bond acceptors (Lipinski definition) is 3. The molecule has 0 spiro atoms. The quantitative estimate of drug-likeness (QED) is 0.532. The summed E-state index contributed by atoms with van der Waals surface area (Å²) >= 11 is 3.92. The van der Waals surface area contributed by atoms with Gasteiger partial charge in [-0.05, 0) is 61.8 Å². The monoisotopic (exact) mass is 441 g/mol. The lowest BCUT2D eigenvalue weighted by atomic mass is 9.49. The Bertz CT molecular complexity index is 937. The van der Waals surface area contributed by atoms with E-state index >= 15 is 0 Å². The Labute approximate surface area is 173 Å². The second-order valence-corrected chi connectivity index (χ2v) is 10.7. The fourth-order valence-corrected chi connectivity index (χ4v) is 7.65. The van der Waals surface area contributed by atoms with Crippen molar-refractivity contribution in [3.63, 3.8) is 0 Å². The number of nitrogens with one attached hydrogen (secondary N) is 1. The minimum atomic E-state index is -0.396. The van der Waals surface area contributed by atoms with Gasteiger partial charge in [-0.25, -0.2) is 0 Å². The number of carbonyl (C=O) groups excluding carboxylic acids is 2. The van der Waals surface area contributed by atoms with Gasteiger partial charge in [0.1, 0.15) is 0 Å². The number of anilines is 1. The van der Waals surface area contributed by atoms with Gasteiger partial charge in [0.2, 0.25) is 0 Å². The van der Waals surface area contributed by atoms with E-state index in [2.05, 4.69) is 21.2 Å². The number of fused-ring (bicyclic) bond motifs is 1. The van der Waals surface area contributed by atoms with Crippen LogP contribution in [-0.2, 0) is 14.3 Å². The van der Waals surface area contributed by atoms with Crippen LogP contribution < -0.4 is 5.32 Å². The van der Waals surface area contributed by atoms with E-state index < -0.39 is 5.41 Å². The zero-order valence-electron chi connectivity index (χ0n) is 15.7. The van der Waals surface area contributed by atoms with Gasteiger partial charge >= 0.3 is 5.97 Å². The number of hydrogen-bond donors (Lipinski definition) is 1. The highest BCUT2D eigenvalue weighted by molar-refractivity contribution is 9.10. The van der Waals surface area contributed by atoms with Gasteiger partial charge < -0.3 is 10.1 Å². The first-order valence-electron chi connectivity index (χ1n) is 10.1. The molecule has 6 rings (SSSR count). The van der Waals surface area contributed by atoms with E-state index in [-0.39, 0.29) is 22.8 Å². The summed E-state index contributed by atoms with van der Waals surface area (Å²) < 4.78 is 5.64. The van der Waals surface area contributed by atoms with Gasteiger partial charge in [0.05, 0.1) is 5.41 Å². The molecule has 0 radical (unpaired) electrons.